The van der Waals surface area contributed by atoms with E-state index in [4.69, 9.17) is 4.42 Å². The summed E-state index contributed by atoms with van der Waals surface area (Å²) >= 11 is 0. The fourth-order valence-corrected chi connectivity index (χ4v) is 3.89. The lowest BCUT2D eigenvalue weighted by Crippen LogP contribution is -2.30. The monoisotopic (exact) mass is 389 g/mol. The molecule has 6 nitrogen and oxygen atoms in total. The number of hydrogen-bond acceptors (Lipinski definition) is 5. The van der Waals surface area contributed by atoms with E-state index in [1.807, 2.05) is 0 Å². The molecule has 3 aromatic rings. The number of nitrogens with zero attached hydrogens (tertiary/aromatic N) is 1. The lowest BCUT2D eigenvalue weighted by atomic mass is 10.3. The van der Waals surface area contributed by atoms with Gasteiger partial charge in [-0.3, -0.25) is 4.31 Å². The van der Waals surface area contributed by atoms with Crippen LogP contribution in [0.2, 0.25) is 0 Å². The van der Waals surface area contributed by atoms with E-state index in [1.165, 1.54) is 31.4 Å². The molecule has 140 valence electrons. The molecule has 0 N–H and O–H groups in total. The van der Waals surface area contributed by atoms with Gasteiger partial charge in [0, 0.05) is 0 Å². The van der Waals surface area contributed by atoms with Gasteiger partial charge in [0.05, 0.1) is 24.2 Å². The Labute approximate surface area is 155 Å². The topological polar surface area (TPSA) is 76.8 Å². The van der Waals surface area contributed by atoms with Crippen molar-refractivity contribution < 1.29 is 26.8 Å². The highest BCUT2D eigenvalue weighted by Gasteiger charge is 2.26. The molecular formula is C19H16FNO5S. The molecule has 0 unspecified atom stereocenters. The zero-order valence-corrected chi connectivity index (χ0v) is 15.1. The number of methoxy groups -OCH3 is 1. The number of hydrogen-bond donors (Lipinski definition) is 0. The van der Waals surface area contributed by atoms with Crippen LogP contribution in [0.5, 0.6) is 0 Å². The summed E-state index contributed by atoms with van der Waals surface area (Å²) in [5, 5.41) is 0. The van der Waals surface area contributed by atoms with E-state index in [0.29, 0.717) is 5.69 Å². The standard InChI is InChI=1S/C19H16FNO5S/c1-25-19(22)18-12-9-16(26-18)13-21(15-5-3-2-4-6-15)27(23,24)17-10-7-14(20)8-11-17/h2-12H,13H2,1H3. The third-order valence-corrected chi connectivity index (χ3v) is 5.58. The number of para-hydroxylation sites is 1. The zero-order chi connectivity index (χ0) is 19.4. The number of ether oxygens (including phenoxy) is 1. The molecule has 1 aromatic heterocycles. The molecule has 0 saturated carbocycles. The third-order valence-electron chi connectivity index (χ3n) is 3.79. The highest BCUT2D eigenvalue weighted by molar-refractivity contribution is 7.92. The van der Waals surface area contributed by atoms with Gasteiger partial charge in [-0.05, 0) is 48.5 Å². The first kappa shape index (κ1) is 18.7. The lowest BCUT2D eigenvalue weighted by Gasteiger charge is -2.23. The smallest absolute Gasteiger partial charge is 0.373 e. The average Bonchev–Trinajstić information content (AvgIpc) is 3.15. The maximum Gasteiger partial charge on any atom is 0.373 e. The van der Waals surface area contributed by atoms with Crippen molar-refractivity contribution in [3.63, 3.8) is 0 Å². The maximum absolute atomic E-state index is 13.2. The van der Waals surface area contributed by atoms with E-state index in [1.54, 1.807) is 30.3 Å². The summed E-state index contributed by atoms with van der Waals surface area (Å²) in [6.45, 7) is -0.152. The number of carbonyl (C=O) groups is 1. The minimum Gasteiger partial charge on any atom is -0.463 e. The Morgan fingerprint density at radius 1 is 1.04 bits per heavy atom. The van der Waals surface area contributed by atoms with Crippen LogP contribution in [0.4, 0.5) is 10.1 Å². The summed E-state index contributed by atoms with van der Waals surface area (Å²) in [6, 6.07) is 15.9. The maximum atomic E-state index is 13.2. The minimum atomic E-state index is -4.00. The van der Waals surface area contributed by atoms with Gasteiger partial charge in [-0.1, -0.05) is 18.2 Å². The Kier molecular flexibility index (Phi) is 5.27. The fourth-order valence-electron chi connectivity index (χ4n) is 2.46. The summed E-state index contributed by atoms with van der Waals surface area (Å²) in [5.41, 5.74) is 0.401. The molecule has 0 aliphatic rings. The number of halogens is 1. The molecule has 0 spiro atoms. The molecule has 0 amide bonds. The number of benzene rings is 2. The van der Waals surface area contributed by atoms with Crippen molar-refractivity contribution in [2.75, 3.05) is 11.4 Å². The predicted octanol–water partition coefficient (Wildman–Crippen LogP) is 3.60. The average molecular weight is 389 g/mol. The summed E-state index contributed by atoms with van der Waals surface area (Å²) < 4.78 is 50.5. The van der Waals surface area contributed by atoms with Gasteiger partial charge in [0.15, 0.2) is 0 Å². The molecule has 0 bridgehead atoms. The van der Waals surface area contributed by atoms with Crippen LogP contribution < -0.4 is 4.31 Å². The largest absolute Gasteiger partial charge is 0.463 e. The number of rotatable bonds is 6. The normalized spacial score (nSPS) is 11.2. The van der Waals surface area contributed by atoms with Crippen molar-refractivity contribution in [3.05, 3.63) is 84.1 Å². The second-order valence-corrected chi connectivity index (χ2v) is 7.42. The minimum absolute atomic E-state index is 0.0281. The van der Waals surface area contributed by atoms with Gasteiger partial charge in [-0.25, -0.2) is 17.6 Å². The Morgan fingerprint density at radius 2 is 1.70 bits per heavy atom. The molecule has 1 heterocycles. The van der Waals surface area contributed by atoms with Crippen molar-refractivity contribution in [3.8, 4) is 0 Å². The lowest BCUT2D eigenvalue weighted by molar-refractivity contribution is 0.0563. The van der Waals surface area contributed by atoms with Gasteiger partial charge in [-0.2, -0.15) is 0 Å². The zero-order valence-electron chi connectivity index (χ0n) is 14.3. The first-order valence-corrected chi connectivity index (χ1v) is 9.36. The fraction of sp³-hybridized carbons (Fsp3) is 0.105. The van der Waals surface area contributed by atoms with Crippen LogP contribution in [0.1, 0.15) is 16.3 Å². The van der Waals surface area contributed by atoms with E-state index in [0.717, 1.165) is 16.4 Å². The molecule has 0 saturated heterocycles. The molecule has 3 rings (SSSR count). The number of anilines is 1. The van der Waals surface area contributed by atoms with E-state index >= 15 is 0 Å². The SMILES string of the molecule is COC(=O)c1ccc(CN(c2ccccc2)S(=O)(=O)c2ccc(F)cc2)o1. The molecule has 0 atom stereocenters. The predicted molar refractivity (Wildman–Crippen MR) is 96.3 cm³/mol. The van der Waals surface area contributed by atoms with Gasteiger partial charge >= 0.3 is 5.97 Å². The van der Waals surface area contributed by atoms with E-state index in [9.17, 15) is 17.6 Å². The Hall–Kier alpha value is -3.13. The van der Waals surface area contributed by atoms with Crippen LogP contribution in [0.15, 0.2) is 76.0 Å². The van der Waals surface area contributed by atoms with Crippen LogP contribution in [0.25, 0.3) is 0 Å². The Balaban J connectivity index is 2.00. The Bertz CT molecular complexity index is 1030. The second-order valence-electron chi connectivity index (χ2n) is 5.56. The molecular weight excluding hydrogens is 373 g/mol. The number of esters is 1. The van der Waals surface area contributed by atoms with Gasteiger partial charge in [0.25, 0.3) is 10.0 Å². The molecule has 2 aromatic carbocycles. The van der Waals surface area contributed by atoms with Gasteiger partial charge in [-0.15, -0.1) is 0 Å². The molecule has 0 fully saturated rings. The van der Waals surface area contributed by atoms with Crippen molar-refractivity contribution in [2.24, 2.45) is 0 Å². The van der Waals surface area contributed by atoms with Crippen LogP contribution in [-0.4, -0.2) is 21.5 Å². The van der Waals surface area contributed by atoms with Crippen LogP contribution >= 0.6 is 0 Å². The van der Waals surface area contributed by atoms with Crippen molar-refractivity contribution in [1.82, 2.24) is 0 Å². The van der Waals surface area contributed by atoms with Gasteiger partial charge < -0.3 is 9.15 Å². The first-order chi connectivity index (χ1) is 12.9. The van der Waals surface area contributed by atoms with Crippen molar-refractivity contribution in [2.45, 2.75) is 11.4 Å². The van der Waals surface area contributed by atoms with Crippen LogP contribution in [0, 0.1) is 5.82 Å². The third kappa shape index (κ3) is 4.01. The first-order valence-electron chi connectivity index (χ1n) is 7.92. The second kappa shape index (κ2) is 7.63. The van der Waals surface area contributed by atoms with E-state index in [-0.39, 0.29) is 23.0 Å². The van der Waals surface area contributed by atoms with E-state index < -0.39 is 21.8 Å². The van der Waals surface area contributed by atoms with Crippen molar-refractivity contribution in [1.29, 1.82) is 0 Å². The van der Waals surface area contributed by atoms with E-state index in [2.05, 4.69) is 4.74 Å². The number of sulfonamides is 1. The van der Waals surface area contributed by atoms with Crippen LogP contribution in [-0.2, 0) is 21.3 Å². The van der Waals surface area contributed by atoms with Gasteiger partial charge in [0.2, 0.25) is 5.76 Å². The van der Waals surface area contributed by atoms with Crippen molar-refractivity contribution >= 4 is 21.7 Å². The molecule has 0 aliphatic heterocycles. The molecule has 8 heteroatoms. The molecule has 0 radical (unpaired) electrons. The molecule has 0 aliphatic carbocycles. The summed E-state index contributed by atoms with van der Waals surface area (Å²) in [6.07, 6.45) is 0. The number of furan rings is 1. The summed E-state index contributed by atoms with van der Waals surface area (Å²) in [7, 11) is -2.77. The summed E-state index contributed by atoms with van der Waals surface area (Å²) in [4.78, 5) is 11.5. The quantitative estimate of drug-likeness (QED) is 0.602. The summed E-state index contributed by atoms with van der Waals surface area (Å²) in [5.74, 6) is -0.965. The highest BCUT2D eigenvalue weighted by atomic mass is 32.2. The van der Waals surface area contributed by atoms with Gasteiger partial charge in [0.1, 0.15) is 11.6 Å². The Morgan fingerprint density at radius 3 is 2.33 bits per heavy atom. The highest BCUT2D eigenvalue weighted by Crippen LogP contribution is 2.26. The molecule has 27 heavy (non-hydrogen) atoms. The van der Waals surface area contributed by atoms with Crippen LogP contribution in [0.3, 0.4) is 0 Å². The number of carbonyl (C=O) groups excluding carboxylic acids is 1.